The second kappa shape index (κ2) is 7.84. The van der Waals surface area contributed by atoms with Crippen molar-refractivity contribution in [2.24, 2.45) is 0 Å². The topological polar surface area (TPSA) is 97.1 Å². The van der Waals surface area contributed by atoms with Crippen molar-refractivity contribution in [1.29, 1.82) is 0 Å². The van der Waals surface area contributed by atoms with E-state index in [0.29, 0.717) is 23.1 Å². The Bertz CT molecular complexity index is 996. The van der Waals surface area contributed by atoms with Crippen LogP contribution in [-0.2, 0) is 25.5 Å². The average molecular weight is 386 g/mol. The van der Waals surface area contributed by atoms with Crippen molar-refractivity contribution in [1.82, 2.24) is 9.80 Å². The zero-order chi connectivity index (χ0) is 20.4. The molecule has 1 fully saturated rings. The molecule has 2 aromatic rings. The number of nitrogens with zero attached hydrogens (tertiary/aromatic N) is 2. The van der Waals surface area contributed by atoms with Crippen LogP contribution in [0.2, 0.25) is 0 Å². The highest BCUT2D eigenvalue weighted by Crippen LogP contribution is 2.21. The molecule has 0 bridgehead atoms. The first kappa shape index (κ1) is 19.6. The number of carbonyl (C=O) groups excluding carboxylic acids is 3. The largest absolute Gasteiger partial charge is 0.468 e. The Morgan fingerprint density at radius 2 is 1.96 bits per heavy atom. The molecule has 2 heterocycles. The van der Waals surface area contributed by atoms with E-state index in [1.807, 2.05) is 19.1 Å². The minimum atomic E-state index is -0.695. The first-order chi connectivity index (χ1) is 13.3. The summed E-state index contributed by atoms with van der Waals surface area (Å²) >= 11 is 0. The Balaban J connectivity index is 1.79. The third kappa shape index (κ3) is 3.90. The number of aryl methyl sites for hydroxylation is 1. The smallest absolute Gasteiger partial charge is 0.336 e. The quantitative estimate of drug-likeness (QED) is 0.572. The van der Waals surface area contributed by atoms with E-state index in [4.69, 9.17) is 4.42 Å². The number of amides is 2. The summed E-state index contributed by atoms with van der Waals surface area (Å²) in [6.07, 6.45) is -0.0141. The number of fused-ring (bicyclic) bond motifs is 1. The molecule has 0 saturated carbocycles. The maximum atomic E-state index is 12.9. The van der Waals surface area contributed by atoms with Crippen LogP contribution in [0, 0.1) is 6.92 Å². The van der Waals surface area contributed by atoms with E-state index in [-0.39, 0.29) is 31.3 Å². The summed E-state index contributed by atoms with van der Waals surface area (Å²) in [5.74, 6) is -1.07. The van der Waals surface area contributed by atoms with Crippen molar-refractivity contribution in [2.75, 3.05) is 26.7 Å². The zero-order valence-corrected chi connectivity index (χ0v) is 16.1. The molecule has 1 aromatic heterocycles. The molecule has 1 atom stereocenters. The lowest BCUT2D eigenvalue weighted by atomic mass is 10.0. The number of hydrogen-bond acceptors (Lipinski definition) is 6. The molecule has 1 unspecified atom stereocenters. The van der Waals surface area contributed by atoms with Crippen molar-refractivity contribution in [3.63, 3.8) is 0 Å². The number of hydrogen-bond donors (Lipinski definition) is 0. The second-order valence-corrected chi connectivity index (χ2v) is 6.87. The van der Waals surface area contributed by atoms with Gasteiger partial charge in [0.2, 0.25) is 11.8 Å². The minimum absolute atomic E-state index is 0.0141. The van der Waals surface area contributed by atoms with Gasteiger partial charge in [0.25, 0.3) is 0 Å². The van der Waals surface area contributed by atoms with Gasteiger partial charge in [0, 0.05) is 24.5 Å². The van der Waals surface area contributed by atoms with E-state index in [9.17, 15) is 19.2 Å². The number of rotatable bonds is 4. The fraction of sp³-hybridized carbons (Fsp3) is 0.400. The standard InChI is InChI=1S/C20H22N2O6/c1-12-4-5-15-14(10-18(24)28-16(15)8-12)9-17(23)22-7-6-21(11-19(25)27-3)20(26)13(22)2/h4-5,8,10,13H,6-7,9,11H2,1-3H3. The molecule has 8 heteroatoms. The number of esters is 1. The highest BCUT2D eigenvalue weighted by molar-refractivity contribution is 5.93. The van der Waals surface area contributed by atoms with Gasteiger partial charge in [-0.15, -0.1) is 0 Å². The second-order valence-electron chi connectivity index (χ2n) is 6.87. The van der Waals surface area contributed by atoms with Gasteiger partial charge in [0.1, 0.15) is 18.2 Å². The molecule has 0 N–H and O–H groups in total. The predicted molar refractivity (Wildman–Crippen MR) is 101 cm³/mol. The number of carbonyl (C=O) groups is 3. The van der Waals surface area contributed by atoms with Crippen LogP contribution in [0.5, 0.6) is 0 Å². The van der Waals surface area contributed by atoms with Crippen molar-refractivity contribution in [2.45, 2.75) is 26.3 Å². The third-order valence-electron chi connectivity index (χ3n) is 4.94. The molecular weight excluding hydrogens is 364 g/mol. The molecule has 0 aliphatic carbocycles. The Morgan fingerprint density at radius 3 is 2.68 bits per heavy atom. The summed E-state index contributed by atoms with van der Waals surface area (Å²) in [5, 5.41) is 0.696. The Labute approximate surface area is 161 Å². The number of piperazine rings is 1. The van der Waals surface area contributed by atoms with Crippen LogP contribution in [0.4, 0.5) is 0 Å². The minimum Gasteiger partial charge on any atom is -0.468 e. The Morgan fingerprint density at radius 1 is 1.21 bits per heavy atom. The summed E-state index contributed by atoms with van der Waals surface area (Å²) in [7, 11) is 1.26. The highest BCUT2D eigenvalue weighted by atomic mass is 16.5. The Kier molecular flexibility index (Phi) is 5.48. The van der Waals surface area contributed by atoms with E-state index in [2.05, 4.69) is 4.74 Å². The molecule has 8 nitrogen and oxygen atoms in total. The van der Waals surface area contributed by atoms with Crippen LogP contribution in [-0.4, -0.2) is 60.4 Å². The predicted octanol–water partition coefficient (Wildman–Crippen LogP) is 0.876. The number of benzene rings is 1. The maximum absolute atomic E-state index is 12.9. The van der Waals surface area contributed by atoms with Crippen LogP contribution in [0.1, 0.15) is 18.1 Å². The summed E-state index contributed by atoms with van der Waals surface area (Å²) in [6.45, 7) is 3.94. The zero-order valence-electron chi connectivity index (χ0n) is 16.1. The monoisotopic (exact) mass is 386 g/mol. The molecule has 3 rings (SSSR count). The van der Waals surface area contributed by atoms with Gasteiger partial charge in [-0.25, -0.2) is 4.79 Å². The lowest BCUT2D eigenvalue weighted by Crippen LogP contribution is -2.58. The molecule has 148 valence electrons. The number of methoxy groups -OCH3 is 1. The molecule has 2 amide bonds. The molecule has 28 heavy (non-hydrogen) atoms. The van der Waals surface area contributed by atoms with E-state index in [1.165, 1.54) is 23.0 Å². The van der Waals surface area contributed by atoms with Gasteiger partial charge in [-0.2, -0.15) is 0 Å². The number of ether oxygens (including phenoxy) is 1. The maximum Gasteiger partial charge on any atom is 0.336 e. The van der Waals surface area contributed by atoms with E-state index in [1.54, 1.807) is 13.0 Å². The summed E-state index contributed by atoms with van der Waals surface area (Å²) in [4.78, 5) is 51.5. The molecule has 1 aliphatic heterocycles. The van der Waals surface area contributed by atoms with Gasteiger partial charge in [0.15, 0.2) is 0 Å². The van der Waals surface area contributed by atoms with Crippen molar-refractivity contribution in [3.05, 3.63) is 45.8 Å². The lowest BCUT2D eigenvalue weighted by Gasteiger charge is -2.38. The van der Waals surface area contributed by atoms with Gasteiger partial charge >= 0.3 is 11.6 Å². The fourth-order valence-corrected chi connectivity index (χ4v) is 3.40. The molecule has 0 radical (unpaired) electrons. The molecule has 1 aromatic carbocycles. The van der Waals surface area contributed by atoms with Gasteiger partial charge < -0.3 is 19.0 Å². The summed E-state index contributed by atoms with van der Waals surface area (Å²) in [6, 6.07) is 6.07. The SMILES string of the molecule is COC(=O)CN1CCN(C(=O)Cc2cc(=O)oc3cc(C)ccc23)C(C)C1=O. The summed E-state index contributed by atoms with van der Waals surface area (Å²) in [5.41, 5.74) is 1.42. The van der Waals surface area contributed by atoms with Gasteiger partial charge in [-0.3, -0.25) is 14.4 Å². The van der Waals surface area contributed by atoms with Gasteiger partial charge in [-0.1, -0.05) is 12.1 Å². The van der Waals surface area contributed by atoms with Crippen LogP contribution in [0.25, 0.3) is 11.0 Å². The van der Waals surface area contributed by atoms with Crippen LogP contribution in [0.3, 0.4) is 0 Å². The van der Waals surface area contributed by atoms with Crippen molar-refractivity contribution in [3.8, 4) is 0 Å². The lowest BCUT2D eigenvalue weighted by molar-refractivity contribution is -0.155. The van der Waals surface area contributed by atoms with Crippen molar-refractivity contribution >= 4 is 28.8 Å². The van der Waals surface area contributed by atoms with Gasteiger partial charge in [-0.05, 0) is 31.0 Å². The van der Waals surface area contributed by atoms with Gasteiger partial charge in [0.05, 0.1) is 13.5 Å². The van der Waals surface area contributed by atoms with Crippen LogP contribution in [0.15, 0.2) is 33.5 Å². The average Bonchev–Trinajstić information content (AvgIpc) is 2.64. The molecule has 1 saturated heterocycles. The van der Waals surface area contributed by atoms with Crippen molar-refractivity contribution < 1.29 is 23.5 Å². The fourth-order valence-electron chi connectivity index (χ4n) is 3.40. The normalized spacial score (nSPS) is 17.1. The first-order valence-electron chi connectivity index (χ1n) is 8.98. The molecule has 0 spiro atoms. The molecular formula is C20H22N2O6. The van der Waals surface area contributed by atoms with E-state index >= 15 is 0 Å². The van der Waals surface area contributed by atoms with Crippen LogP contribution < -0.4 is 5.63 Å². The van der Waals surface area contributed by atoms with E-state index in [0.717, 1.165) is 5.56 Å². The Hall–Kier alpha value is -3.16. The van der Waals surface area contributed by atoms with E-state index < -0.39 is 17.6 Å². The highest BCUT2D eigenvalue weighted by Gasteiger charge is 2.35. The molecule has 1 aliphatic rings. The first-order valence-corrected chi connectivity index (χ1v) is 8.98. The third-order valence-corrected chi connectivity index (χ3v) is 4.94. The summed E-state index contributed by atoms with van der Waals surface area (Å²) < 4.78 is 9.82. The van der Waals surface area contributed by atoms with Crippen LogP contribution >= 0.6 is 0 Å².